The molecule has 0 unspecified atom stereocenters. The number of unbranched alkanes of at least 4 members (excludes halogenated alkanes) is 13. The lowest BCUT2D eigenvalue weighted by Crippen LogP contribution is -2.51. The summed E-state index contributed by atoms with van der Waals surface area (Å²) in [6.07, 6.45) is 25.0. The highest BCUT2D eigenvalue weighted by molar-refractivity contribution is 5.66. The third kappa shape index (κ3) is 24.4. The molecular formula is C31H57NO6. The maximum atomic E-state index is 11.0. The quantitative estimate of drug-likeness (QED) is 0.0638. The van der Waals surface area contributed by atoms with Crippen molar-refractivity contribution in [1.82, 2.24) is 0 Å². The largest absolute Gasteiger partial charge is 0.550 e. The second-order valence-electron chi connectivity index (χ2n) is 11.0. The van der Waals surface area contributed by atoms with Gasteiger partial charge in [0.15, 0.2) is 0 Å². The van der Waals surface area contributed by atoms with Crippen LogP contribution in [0.15, 0.2) is 12.2 Å². The van der Waals surface area contributed by atoms with Gasteiger partial charge in [-0.15, -0.1) is 0 Å². The first-order valence-electron chi connectivity index (χ1n) is 15.4. The summed E-state index contributed by atoms with van der Waals surface area (Å²) in [5.74, 6) is -2.75. The van der Waals surface area contributed by atoms with E-state index in [0.717, 1.165) is 19.4 Å². The van der Waals surface area contributed by atoms with Crippen LogP contribution in [0.2, 0.25) is 0 Å². The summed E-state index contributed by atoms with van der Waals surface area (Å²) in [5, 5.41) is 29.1. The molecule has 0 aromatic carbocycles. The Hall–Kier alpha value is -1.89. The Balaban J connectivity index is 4.22. The van der Waals surface area contributed by atoms with Crippen molar-refractivity contribution in [3.05, 3.63) is 12.2 Å². The van der Waals surface area contributed by atoms with E-state index in [1.807, 2.05) is 0 Å². The average Bonchev–Trinajstić information content (AvgIpc) is 2.85. The normalized spacial score (nSPS) is 11.8. The summed E-state index contributed by atoms with van der Waals surface area (Å²) in [5.41, 5.74) is 0. The number of allylic oxidation sites excluding steroid dienone is 2. The van der Waals surface area contributed by atoms with E-state index in [4.69, 9.17) is 10.2 Å². The van der Waals surface area contributed by atoms with Gasteiger partial charge in [0.1, 0.15) is 0 Å². The van der Waals surface area contributed by atoms with E-state index in [1.54, 1.807) is 0 Å². The Morgan fingerprint density at radius 3 is 1.34 bits per heavy atom. The standard InChI is InChI=1S/C31H57NO6/c1-2-3-4-5-6-7-8-9-10-11-12-13-14-15-16-17-18-25-32(26-19-22-29(33)34,27-20-23-30(35)36)28-21-24-31(37)38/h6-7H,2-5,8-28H2,1H3,(H2-,33,34,35,36,37,38)/b7-6+. The summed E-state index contributed by atoms with van der Waals surface area (Å²) in [6.45, 7) is 5.01. The lowest BCUT2D eigenvalue weighted by Gasteiger charge is -2.39. The van der Waals surface area contributed by atoms with E-state index in [9.17, 15) is 19.5 Å². The molecule has 0 aromatic heterocycles. The van der Waals surface area contributed by atoms with Crippen molar-refractivity contribution < 1.29 is 34.2 Å². The predicted octanol–water partition coefficient (Wildman–Crippen LogP) is 6.49. The van der Waals surface area contributed by atoms with Crippen LogP contribution in [0.1, 0.15) is 142 Å². The third-order valence-corrected chi connectivity index (χ3v) is 7.45. The van der Waals surface area contributed by atoms with Crippen molar-refractivity contribution in [2.45, 2.75) is 142 Å². The van der Waals surface area contributed by atoms with Crippen LogP contribution in [-0.2, 0) is 14.4 Å². The van der Waals surface area contributed by atoms with Crippen LogP contribution in [0.25, 0.3) is 0 Å². The summed E-state index contributed by atoms with van der Waals surface area (Å²) in [4.78, 5) is 33.0. The topological polar surface area (TPSA) is 115 Å². The third-order valence-electron chi connectivity index (χ3n) is 7.45. The van der Waals surface area contributed by atoms with E-state index in [2.05, 4.69) is 19.1 Å². The molecule has 0 radical (unpaired) electrons. The van der Waals surface area contributed by atoms with E-state index in [-0.39, 0.29) is 19.3 Å². The minimum atomic E-state index is -1.08. The Morgan fingerprint density at radius 2 is 0.921 bits per heavy atom. The molecule has 0 fully saturated rings. The van der Waals surface area contributed by atoms with Crippen LogP contribution in [0, 0.1) is 0 Å². The molecule has 0 aliphatic heterocycles. The molecule has 0 heterocycles. The van der Waals surface area contributed by atoms with Gasteiger partial charge in [-0.1, -0.05) is 76.9 Å². The van der Waals surface area contributed by atoms with Gasteiger partial charge in [-0.2, -0.15) is 0 Å². The van der Waals surface area contributed by atoms with Crippen molar-refractivity contribution in [3.63, 3.8) is 0 Å². The van der Waals surface area contributed by atoms with Crippen LogP contribution in [-0.4, -0.2) is 58.8 Å². The van der Waals surface area contributed by atoms with Gasteiger partial charge in [0, 0.05) is 25.2 Å². The van der Waals surface area contributed by atoms with Crippen molar-refractivity contribution in [1.29, 1.82) is 0 Å². The van der Waals surface area contributed by atoms with E-state index in [1.165, 1.54) is 83.5 Å². The molecule has 2 N–H and O–H groups in total. The molecule has 222 valence electrons. The molecule has 7 nitrogen and oxygen atoms in total. The fraction of sp³-hybridized carbons (Fsp3) is 0.839. The minimum Gasteiger partial charge on any atom is -0.550 e. The summed E-state index contributed by atoms with van der Waals surface area (Å²) in [6, 6.07) is 0. The molecule has 0 aromatic rings. The number of carboxylic acid groups (broad SMARTS) is 3. The highest BCUT2D eigenvalue weighted by Gasteiger charge is 2.26. The van der Waals surface area contributed by atoms with Crippen molar-refractivity contribution in [2.75, 3.05) is 26.2 Å². The zero-order valence-corrected chi connectivity index (χ0v) is 24.3. The second-order valence-corrected chi connectivity index (χ2v) is 11.0. The van der Waals surface area contributed by atoms with Crippen molar-refractivity contribution in [3.8, 4) is 0 Å². The van der Waals surface area contributed by atoms with Crippen molar-refractivity contribution in [2.24, 2.45) is 0 Å². The first kappa shape index (κ1) is 36.1. The van der Waals surface area contributed by atoms with Gasteiger partial charge in [-0.05, 0) is 44.9 Å². The summed E-state index contributed by atoms with van der Waals surface area (Å²) < 4.78 is 0.613. The van der Waals surface area contributed by atoms with E-state index >= 15 is 0 Å². The number of nitrogens with zero attached hydrogens (tertiary/aromatic N) is 1. The smallest absolute Gasteiger partial charge is 0.303 e. The number of carbonyl (C=O) groups excluding carboxylic acids is 1. The van der Waals surface area contributed by atoms with Crippen LogP contribution < -0.4 is 5.11 Å². The Morgan fingerprint density at radius 1 is 0.553 bits per heavy atom. The molecule has 0 spiro atoms. The van der Waals surface area contributed by atoms with Gasteiger partial charge in [0.2, 0.25) is 0 Å². The number of carboxylic acids is 3. The minimum absolute atomic E-state index is 0.0202. The molecule has 0 aliphatic rings. The number of rotatable bonds is 29. The van der Waals surface area contributed by atoms with Gasteiger partial charge >= 0.3 is 11.9 Å². The maximum Gasteiger partial charge on any atom is 0.303 e. The van der Waals surface area contributed by atoms with E-state index < -0.39 is 17.9 Å². The predicted molar refractivity (Wildman–Crippen MR) is 152 cm³/mol. The number of aliphatic carboxylic acids is 3. The zero-order chi connectivity index (χ0) is 28.3. The monoisotopic (exact) mass is 539 g/mol. The highest BCUT2D eigenvalue weighted by Crippen LogP contribution is 2.18. The molecule has 7 heteroatoms. The van der Waals surface area contributed by atoms with Crippen LogP contribution >= 0.6 is 0 Å². The van der Waals surface area contributed by atoms with E-state index in [0.29, 0.717) is 43.4 Å². The molecule has 0 bridgehead atoms. The van der Waals surface area contributed by atoms with Gasteiger partial charge in [0.05, 0.1) is 39.0 Å². The Labute approximate surface area is 232 Å². The molecule has 0 rings (SSSR count). The maximum absolute atomic E-state index is 11.0. The van der Waals surface area contributed by atoms with Crippen LogP contribution in [0.4, 0.5) is 0 Å². The van der Waals surface area contributed by atoms with Crippen LogP contribution in [0.3, 0.4) is 0 Å². The van der Waals surface area contributed by atoms with Gasteiger partial charge in [0.25, 0.3) is 0 Å². The zero-order valence-electron chi connectivity index (χ0n) is 24.3. The SMILES string of the molecule is CCCCC/C=C/CCCCCCCCCCCC[N+](CCCC(=O)[O-])(CCCC(=O)O)CCCC(=O)O. The first-order chi connectivity index (χ1) is 18.3. The lowest BCUT2D eigenvalue weighted by molar-refractivity contribution is -0.929. The Kier molecular flexibility index (Phi) is 24.1. The van der Waals surface area contributed by atoms with Gasteiger partial charge < -0.3 is 24.6 Å². The van der Waals surface area contributed by atoms with Gasteiger partial charge in [-0.3, -0.25) is 9.59 Å². The molecule has 0 atom stereocenters. The van der Waals surface area contributed by atoms with Crippen molar-refractivity contribution >= 4 is 17.9 Å². The van der Waals surface area contributed by atoms with Crippen LogP contribution in [0.5, 0.6) is 0 Å². The molecule has 0 aliphatic carbocycles. The number of quaternary nitrogens is 1. The summed E-state index contributed by atoms with van der Waals surface area (Å²) in [7, 11) is 0. The molecule has 38 heavy (non-hydrogen) atoms. The summed E-state index contributed by atoms with van der Waals surface area (Å²) >= 11 is 0. The fourth-order valence-electron chi connectivity index (χ4n) is 5.23. The molecular weight excluding hydrogens is 482 g/mol. The lowest BCUT2D eigenvalue weighted by atomic mass is 10.0. The number of hydrogen-bond donors (Lipinski definition) is 2. The number of hydrogen-bond acceptors (Lipinski definition) is 4. The first-order valence-corrected chi connectivity index (χ1v) is 15.4. The molecule has 0 saturated heterocycles. The highest BCUT2D eigenvalue weighted by atomic mass is 16.4. The molecule has 0 amide bonds. The average molecular weight is 540 g/mol. The van der Waals surface area contributed by atoms with Gasteiger partial charge in [-0.25, -0.2) is 0 Å². The second kappa shape index (κ2) is 25.4. The number of carbonyl (C=O) groups is 3. The fourth-order valence-corrected chi connectivity index (χ4v) is 5.23. The Bertz CT molecular complexity index is 584. The molecule has 0 saturated carbocycles.